The zero-order valence-electron chi connectivity index (χ0n) is 17.4. The standard InChI is InChI=1S/C22H30O5S.K/c1-2-3-4-5-6-7-8-9-10-18-11-13-20(14-12-18)27-21-15-19(23)16-22(17-21)28(24,25)26;/h11-17,23H,2-10H2,1H3,(H,24,25,26);/q;+1/p-1. The van der Waals surface area contributed by atoms with Crippen LogP contribution in [0.15, 0.2) is 47.4 Å². The molecule has 0 unspecified atom stereocenters. The first-order valence-corrected chi connectivity index (χ1v) is 11.4. The number of hydrogen-bond acceptors (Lipinski definition) is 4. The quantitative estimate of drug-likeness (QED) is 0.309. The molecule has 0 atom stereocenters. The Morgan fingerprint density at radius 2 is 1.45 bits per heavy atom. The maximum absolute atomic E-state index is 11.6. The van der Waals surface area contributed by atoms with Crippen LogP contribution in [0.25, 0.3) is 0 Å². The number of aryl methyl sites for hydroxylation is 1. The number of benzene rings is 2. The van der Waals surface area contributed by atoms with Crippen LogP contribution in [-0.2, 0) is 16.5 Å². The largest absolute Gasteiger partial charge is 1.00 e. The van der Waals surface area contributed by atoms with Crippen molar-refractivity contribution in [1.29, 1.82) is 0 Å². The Morgan fingerprint density at radius 1 is 0.862 bits per heavy atom. The molecule has 154 valence electrons. The predicted molar refractivity (Wildman–Crippen MR) is 109 cm³/mol. The Hall–Kier alpha value is -0.414. The van der Waals surface area contributed by atoms with Gasteiger partial charge in [0.25, 0.3) is 10.1 Å². The summed E-state index contributed by atoms with van der Waals surface area (Å²) in [5.74, 6) is 0.0407. The van der Waals surface area contributed by atoms with E-state index in [1.165, 1.54) is 56.6 Å². The third kappa shape index (κ3) is 10.4. The topological polar surface area (TPSA) is 86.7 Å². The summed E-state index contributed by atoms with van der Waals surface area (Å²) in [7, 11) is -4.45. The second kappa shape index (κ2) is 13.8. The molecule has 2 aromatic rings. The molecule has 0 amide bonds. The van der Waals surface area contributed by atoms with Crippen molar-refractivity contribution in [2.45, 2.75) is 69.6 Å². The zero-order chi connectivity index (χ0) is 20.4. The third-order valence-electron chi connectivity index (χ3n) is 4.63. The van der Waals surface area contributed by atoms with Gasteiger partial charge in [-0.15, -0.1) is 5.75 Å². The fraction of sp³-hybridized carbons (Fsp3) is 0.455. The van der Waals surface area contributed by atoms with Gasteiger partial charge in [0.2, 0.25) is 0 Å². The van der Waals surface area contributed by atoms with Crippen LogP contribution in [0.2, 0.25) is 0 Å². The van der Waals surface area contributed by atoms with E-state index >= 15 is 0 Å². The fourth-order valence-electron chi connectivity index (χ4n) is 3.08. The minimum absolute atomic E-state index is 0. The van der Waals surface area contributed by atoms with E-state index in [1.807, 2.05) is 12.1 Å². The smallest absolute Gasteiger partial charge is 0.872 e. The summed E-state index contributed by atoms with van der Waals surface area (Å²) in [4.78, 5) is -0.471. The first-order chi connectivity index (χ1) is 13.4. The van der Waals surface area contributed by atoms with Crippen LogP contribution in [0, 0.1) is 0 Å². The number of rotatable bonds is 12. The molecule has 5 nitrogen and oxygen atoms in total. The van der Waals surface area contributed by atoms with Crippen molar-refractivity contribution in [2.24, 2.45) is 0 Å². The molecule has 2 rings (SSSR count). The summed E-state index contributed by atoms with van der Waals surface area (Å²) < 4.78 is 37.1. The minimum Gasteiger partial charge on any atom is -0.872 e. The molecule has 0 saturated carbocycles. The molecule has 0 radical (unpaired) electrons. The summed E-state index contributed by atoms with van der Waals surface area (Å²) in [6.45, 7) is 2.23. The summed E-state index contributed by atoms with van der Waals surface area (Å²) >= 11 is 0. The summed E-state index contributed by atoms with van der Waals surface area (Å²) in [5, 5.41) is 11.6. The van der Waals surface area contributed by atoms with Gasteiger partial charge in [0, 0.05) is 6.07 Å². The van der Waals surface area contributed by atoms with Crippen molar-refractivity contribution < 1.29 is 74.2 Å². The molecule has 1 N–H and O–H groups in total. The molecular formula is C22H29KO5S. The van der Waals surface area contributed by atoms with Gasteiger partial charge in [-0.05, 0) is 42.7 Å². The van der Waals surface area contributed by atoms with Gasteiger partial charge in [0.15, 0.2) is 0 Å². The van der Waals surface area contributed by atoms with Crippen molar-refractivity contribution in [2.75, 3.05) is 0 Å². The SMILES string of the molecule is CCCCCCCCCCc1ccc(Oc2cc([O-])cc(S(=O)(=O)O)c2)cc1.[K+]. The molecule has 0 fully saturated rings. The van der Waals surface area contributed by atoms with Crippen LogP contribution < -0.4 is 61.2 Å². The van der Waals surface area contributed by atoms with Gasteiger partial charge in [0.1, 0.15) is 11.5 Å². The molecule has 0 aromatic heterocycles. The molecule has 0 aliphatic heterocycles. The molecule has 29 heavy (non-hydrogen) atoms. The van der Waals surface area contributed by atoms with Gasteiger partial charge in [-0.3, -0.25) is 4.55 Å². The Morgan fingerprint density at radius 3 is 2.03 bits per heavy atom. The van der Waals surface area contributed by atoms with Crippen molar-refractivity contribution in [3.8, 4) is 17.2 Å². The van der Waals surface area contributed by atoms with E-state index in [9.17, 15) is 13.5 Å². The van der Waals surface area contributed by atoms with Crippen molar-refractivity contribution in [3.63, 3.8) is 0 Å². The Labute approximate surface area is 217 Å². The summed E-state index contributed by atoms with van der Waals surface area (Å²) in [6, 6.07) is 10.7. The Kier molecular flexibility index (Phi) is 12.7. The maximum atomic E-state index is 11.6. The van der Waals surface area contributed by atoms with E-state index in [4.69, 9.17) is 9.29 Å². The second-order valence-corrected chi connectivity index (χ2v) is 8.51. The van der Waals surface area contributed by atoms with Crippen molar-refractivity contribution >= 4 is 10.1 Å². The zero-order valence-corrected chi connectivity index (χ0v) is 21.3. The summed E-state index contributed by atoms with van der Waals surface area (Å²) in [6.07, 6.45) is 11.3. The van der Waals surface area contributed by atoms with E-state index < -0.39 is 20.8 Å². The molecule has 0 aliphatic carbocycles. The number of ether oxygens (including phenoxy) is 1. The molecule has 2 aromatic carbocycles. The minimum atomic E-state index is -4.45. The monoisotopic (exact) mass is 444 g/mol. The molecule has 0 spiro atoms. The number of unbranched alkanes of at least 4 members (excludes halogenated alkanes) is 7. The van der Waals surface area contributed by atoms with Crippen LogP contribution in [-0.4, -0.2) is 13.0 Å². The van der Waals surface area contributed by atoms with E-state index in [1.54, 1.807) is 12.1 Å². The van der Waals surface area contributed by atoms with Gasteiger partial charge in [-0.25, -0.2) is 0 Å². The molecule has 0 heterocycles. The average molecular weight is 445 g/mol. The van der Waals surface area contributed by atoms with Gasteiger partial charge < -0.3 is 9.84 Å². The van der Waals surface area contributed by atoms with Crippen LogP contribution in [0.1, 0.15) is 63.9 Å². The van der Waals surface area contributed by atoms with E-state index in [0.717, 1.165) is 25.0 Å². The van der Waals surface area contributed by atoms with Gasteiger partial charge in [0.05, 0.1) is 4.90 Å². The number of hydrogen-bond donors (Lipinski definition) is 1. The van der Waals surface area contributed by atoms with E-state index in [2.05, 4.69) is 6.92 Å². The van der Waals surface area contributed by atoms with E-state index in [-0.39, 0.29) is 57.1 Å². The van der Waals surface area contributed by atoms with Crippen molar-refractivity contribution in [3.05, 3.63) is 48.0 Å². The summed E-state index contributed by atoms with van der Waals surface area (Å²) in [5.41, 5.74) is 1.22. The molecule has 0 aliphatic rings. The van der Waals surface area contributed by atoms with Gasteiger partial charge >= 0.3 is 51.4 Å². The predicted octanol–water partition coefficient (Wildman–Crippen LogP) is 2.49. The molecular weight excluding hydrogens is 415 g/mol. The Balaban J connectivity index is 0.00000420. The molecule has 0 bridgehead atoms. The average Bonchev–Trinajstić information content (AvgIpc) is 2.64. The van der Waals surface area contributed by atoms with Crippen LogP contribution in [0.3, 0.4) is 0 Å². The first-order valence-electron chi connectivity index (χ1n) is 9.95. The fourth-order valence-corrected chi connectivity index (χ4v) is 3.61. The molecule has 0 saturated heterocycles. The van der Waals surface area contributed by atoms with Crippen LogP contribution >= 0.6 is 0 Å². The van der Waals surface area contributed by atoms with Crippen molar-refractivity contribution in [1.82, 2.24) is 0 Å². The van der Waals surface area contributed by atoms with E-state index in [0.29, 0.717) is 5.75 Å². The second-order valence-electron chi connectivity index (χ2n) is 7.09. The first kappa shape index (κ1) is 26.6. The van der Waals surface area contributed by atoms with Crippen LogP contribution in [0.5, 0.6) is 17.2 Å². The van der Waals surface area contributed by atoms with Crippen LogP contribution in [0.4, 0.5) is 0 Å². The maximum Gasteiger partial charge on any atom is 1.00 e. The van der Waals surface area contributed by atoms with Gasteiger partial charge in [-0.1, -0.05) is 64.0 Å². The third-order valence-corrected chi connectivity index (χ3v) is 5.46. The normalized spacial score (nSPS) is 11.1. The molecule has 7 heteroatoms. The Bertz CT molecular complexity index is 835. The van der Waals surface area contributed by atoms with Gasteiger partial charge in [-0.2, -0.15) is 8.42 Å².